The van der Waals surface area contributed by atoms with Gasteiger partial charge in [-0.1, -0.05) is 42.0 Å². The molecule has 2 aromatic carbocycles. The quantitative estimate of drug-likeness (QED) is 0.763. The Bertz CT molecular complexity index is 932. The zero-order chi connectivity index (χ0) is 21.0. The highest BCUT2D eigenvalue weighted by molar-refractivity contribution is 7.86. The number of rotatable bonds is 6. The Labute approximate surface area is 174 Å². The van der Waals surface area contributed by atoms with Crippen molar-refractivity contribution in [3.8, 4) is 0 Å². The molecule has 154 valence electrons. The van der Waals surface area contributed by atoms with E-state index in [9.17, 15) is 13.8 Å². The first-order chi connectivity index (χ1) is 13.8. The molecule has 2 N–H and O–H groups in total. The van der Waals surface area contributed by atoms with Gasteiger partial charge in [-0.15, -0.1) is 0 Å². The number of carbonyl (C=O) groups is 2. The Kier molecular flexibility index (Phi) is 6.85. The highest BCUT2D eigenvalue weighted by Crippen LogP contribution is 2.29. The number of amides is 2. The normalized spacial score (nSPS) is 16.6. The van der Waals surface area contributed by atoms with E-state index in [1.165, 1.54) is 5.56 Å². The Hall–Kier alpha value is -2.47. The number of carbonyl (C=O) groups excluding carboxylic acids is 2. The first-order valence-electron chi connectivity index (χ1n) is 9.93. The summed E-state index contributed by atoms with van der Waals surface area (Å²) in [6.07, 6.45) is 2.91. The molecule has 0 saturated carbocycles. The van der Waals surface area contributed by atoms with Crippen LogP contribution < -0.4 is 10.6 Å². The largest absolute Gasteiger partial charge is 0.348 e. The number of benzene rings is 2. The molecule has 0 bridgehead atoms. The van der Waals surface area contributed by atoms with E-state index >= 15 is 0 Å². The van der Waals surface area contributed by atoms with Gasteiger partial charge in [-0.25, -0.2) is 0 Å². The minimum Gasteiger partial charge on any atom is -0.348 e. The number of anilines is 1. The minimum atomic E-state index is -1.56. The van der Waals surface area contributed by atoms with Crippen LogP contribution >= 0.6 is 0 Å². The third kappa shape index (κ3) is 5.54. The summed E-state index contributed by atoms with van der Waals surface area (Å²) in [5, 5.41) is 5.83. The van der Waals surface area contributed by atoms with Crippen LogP contribution in [-0.4, -0.2) is 27.5 Å². The Morgan fingerprint density at radius 2 is 1.69 bits per heavy atom. The van der Waals surface area contributed by atoms with E-state index in [-0.39, 0.29) is 29.4 Å². The lowest BCUT2D eigenvalue weighted by Crippen LogP contribution is -2.35. The fourth-order valence-electron chi connectivity index (χ4n) is 4.04. The van der Waals surface area contributed by atoms with Gasteiger partial charge in [0.1, 0.15) is 11.5 Å². The van der Waals surface area contributed by atoms with E-state index in [1.807, 2.05) is 51.1 Å². The number of fused-ring (bicyclic) bond motifs is 1. The first-order valence-corrected chi connectivity index (χ1v) is 11.4. The maximum Gasteiger partial charge on any atom is 0.237 e. The number of nitrogens with one attached hydrogen (secondary N) is 2. The van der Waals surface area contributed by atoms with Gasteiger partial charge >= 0.3 is 0 Å². The van der Waals surface area contributed by atoms with Crippen molar-refractivity contribution in [1.29, 1.82) is 0 Å². The van der Waals surface area contributed by atoms with E-state index in [1.54, 1.807) is 0 Å². The van der Waals surface area contributed by atoms with Crippen LogP contribution in [0, 0.1) is 20.8 Å². The van der Waals surface area contributed by atoms with Crippen molar-refractivity contribution < 1.29 is 13.8 Å². The van der Waals surface area contributed by atoms with Crippen molar-refractivity contribution in [1.82, 2.24) is 5.32 Å². The molecule has 2 atom stereocenters. The molecule has 5 nitrogen and oxygen atoms in total. The maximum absolute atomic E-state index is 12.4. The molecule has 0 radical (unpaired) electrons. The van der Waals surface area contributed by atoms with Crippen LogP contribution in [-0.2, 0) is 26.8 Å². The molecule has 0 aliphatic heterocycles. The molecule has 2 amide bonds. The predicted octanol–water partition coefficient (Wildman–Crippen LogP) is 3.49. The number of hydrogen-bond donors (Lipinski definition) is 2. The van der Waals surface area contributed by atoms with Crippen LogP contribution in [0.15, 0.2) is 36.4 Å². The SMILES string of the molecule is Cc1cc(C)c(NC(=O)C[S@@](=O)CC(=O)N[C@@H]2CCCc3ccccc32)c(C)c1. The molecule has 0 saturated heterocycles. The van der Waals surface area contributed by atoms with Crippen LogP contribution in [0.2, 0.25) is 0 Å². The van der Waals surface area contributed by atoms with Crippen LogP contribution in [0.25, 0.3) is 0 Å². The number of aryl methyl sites for hydroxylation is 4. The van der Waals surface area contributed by atoms with E-state index in [0.717, 1.165) is 47.2 Å². The summed E-state index contributed by atoms with van der Waals surface area (Å²) < 4.78 is 12.4. The van der Waals surface area contributed by atoms with E-state index in [2.05, 4.69) is 16.7 Å². The Morgan fingerprint density at radius 3 is 2.41 bits per heavy atom. The smallest absolute Gasteiger partial charge is 0.237 e. The van der Waals surface area contributed by atoms with Gasteiger partial charge in [0.25, 0.3) is 0 Å². The zero-order valence-electron chi connectivity index (χ0n) is 17.2. The van der Waals surface area contributed by atoms with Gasteiger partial charge < -0.3 is 10.6 Å². The molecular weight excluding hydrogens is 384 g/mol. The summed E-state index contributed by atoms with van der Waals surface area (Å²) in [5.74, 6) is -0.978. The molecule has 2 aromatic rings. The average molecular weight is 413 g/mol. The van der Waals surface area contributed by atoms with Gasteiger partial charge in [-0.2, -0.15) is 0 Å². The van der Waals surface area contributed by atoms with Gasteiger partial charge in [-0.3, -0.25) is 13.8 Å². The molecule has 3 rings (SSSR count). The maximum atomic E-state index is 12.4. The van der Waals surface area contributed by atoms with E-state index in [4.69, 9.17) is 0 Å². The van der Waals surface area contributed by atoms with E-state index in [0.29, 0.717) is 0 Å². The molecule has 6 heteroatoms. The highest BCUT2D eigenvalue weighted by atomic mass is 32.2. The second-order valence-corrected chi connectivity index (χ2v) is 9.22. The summed E-state index contributed by atoms with van der Waals surface area (Å²) in [6, 6.07) is 12.1. The minimum absolute atomic E-state index is 0.0452. The molecule has 0 unspecified atom stereocenters. The average Bonchev–Trinajstić information content (AvgIpc) is 2.64. The van der Waals surface area contributed by atoms with Crippen molar-refractivity contribution in [3.63, 3.8) is 0 Å². The number of hydrogen-bond acceptors (Lipinski definition) is 3. The third-order valence-electron chi connectivity index (χ3n) is 5.23. The summed E-state index contributed by atoms with van der Waals surface area (Å²) in [4.78, 5) is 24.7. The molecule has 0 spiro atoms. The van der Waals surface area contributed by atoms with Gasteiger partial charge in [0.2, 0.25) is 11.8 Å². The van der Waals surface area contributed by atoms with Crippen LogP contribution in [0.5, 0.6) is 0 Å². The van der Waals surface area contributed by atoms with Crippen molar-refractivity contribution in [2.75, 3.05) is 16.8 Å². The molecule has 29 heavy (non-hydrogen) atoms. The van der Waals surface area contributed by atoms with Crippen molar-refractivity contribution in [2.45, 2.75) is 46.1 Å². The first kappa shape index (κ1) is 21.2. The second-order valence-electron chi connectivity index (χ2n) is 7.76. The molecule has 0 aromatic heterocycles. The summed E-state index contributed by atoms with van der Waals surface area (Å²) in [6.45, 7) is 5.87. The monoisotopic (exact) mass is 412 g/mol. The third-order valence-corrected chi connectivity index (χ3v) is 6.40. The van der Waals surface area contributed by atoms with Crippen molar-refractivity contribution in [2.24, 2.45) is 0 Å². The highest BCUT2D eigenvalue weighted by Gasteiger charge is 2.22. The van der Waals surface area contributed by atoms with Crippen LogP contribution in [0.3, 0.4) is 0 Å². The lowest BCUT2D eigenvalue weighted by molar-refractivity contribution is -0.119. The van der Waals surface area contributed by atoms with Gasteiger partial charge in [0, 0.05) is 16.5 Å². The Balaban J connectivity index is 1.53. The zero-order valence-corrected chi connectivity index (χ0v) is 18.0. The molecule has 0 fully saturated rings. The fraction of sp³-hybridized carbons (Fsp3) is 0.391. The molecule has 0 heterocycles. The van der Waals surface area contributed by atoms with Crippen molar-refractivity contribution in [3.05, 3.63) is 64.2 Å². The molecular formula is C23H28N2O3S. The molecule has 1 aliphatic rings. The summed E-state index contributed by atoms with van der Waals surface area (Å²) in [5.41, 5.74) is 6.21. The van der Waals surface area contributed by atoms with Crippen LogP contribution in [0.1, 0.15) is 46.7 Å². The lowest BCUT2D eigenvalue weighted by atomic mass is 9.88. The van der Waals surface area contributed by atoms with E-state index < -0.39 is 10.8 Å². The summed E-state index contributed by atoms with van der Waals surface area (Å²) >= 11 is 0. The standard InChI is InChI=1S/C23H28N2O3S/c1-15-11-16(2)23(17(3)12-15)25-22(27)14-29(28)13-21(26)24-20-10-6-8-18-7-4-5-9-19(18)20/h4-5,7,9,11-12,20H,6,8,10,13-14H2,1-3H3,(H,24,26)(H,25,27)/t20-,29+/m1/s1. The summed E-state index contributed by atoms with van der Waals surface area (Å²) in [7, 11) is -1.56. The lowest BCUT2D eigenvalue weighted by Gasteiger charge is -2.26. The van der Waals surface area contributed by atoms with Gasteiger partial charge in [0.15, 0.2) is 0 Å². The second kappa shape index (κ2) is 9.35. The predicted molar refractivity (Wildman–Crippen MR) is 117 cm³/mol. The van der Waals surface area contributed by atoms with Gasteiger partial charge in [-0.05, 0) is 62.3 Å². The van der Waals surface area contributed by atoms with Crippen molar-refractivity contribution >= 4 is 28.3 Å². The fourth-order valence-corrected chi connectivity index (χ4v) is 4.88. The van der Waals surface area contributed by atoms with Gasteiger partial charge in [0.05, 0.1) is 6.04 Å². The van der Waals surface area contributed by atoms with Crippen LogP contribution in [0.4, 0.5) is 5.69 Å². The molecule has 1 aliphatic carbocycles. The Morgan fingerprint density at radius 1 is 1.03 bits per heavy atom. The topological polar surface area (TPSA) is 75.3 Å².